The lowest BCUT2D eigenvalue weighted by molar-refractivity contribution is 0.0977. The van der Waals surface area contributed by atoms with E-state index in [0.717, 1.165) is 11.1 Å². The molecule has 156 valence electrons. The minimum atomic E-state index is -0.272. The van der Waals surface area contributed by atoms with Gasteiger partial charge in [0.2, 0.25) is 5.89 Å². The van der Waals surface area contributed by atoms with Crippen molar-refractivity contribution < 1.29 is 9.21 Å². The summed E-state index contributed by atoms with van der Waals surface area (Å²) >= 11 is 17.5. The average molecular weight is 470 g/mol. The number of hydrogen-bond acceptors (Lipinski definition) is 4. The molecule has 0 bridgehead atoms. The van der Waals surface area contributed by atoms with Gasteiger partial charge in [-0.3, -0.25) is 10.1 Å². The Morgan fingerprint density at radius 1 is 1.00 bits per heavy atom. The molecule has 4 aromatic rings. The topological polar surface area (TPSA) is 67.2 Å². The molecule has 1 heterocycles. The fourth-order valence-corrected chi connectivity index (χ4v) is 3.93. The maximum absolute atomic E-state index is 12.5. The molecule has 0 aliphatic heterocycles. The molecule has 3 aromatic carbocycles. The average Bonchev–Trinajstić information content (AvgIpc) is 3.10. The smallest absolute Gasteiger partial charge is 0.257 e. The Bertz CT molecular complexity index is 1310. The fourth-order valence-electron chi connectivity index (χ4n) is 3.23. The SMILES string of the molecule is Cc1cc(C)cc(C(=O)NC(=S)Nc2ccc3oc(-c4ccc(Cl)cc4Cl)nc3c2)c1. The first-order valence-electron chi connectivity index (χ1n) is 9.35. The summed E-state index contributed by atoms with van der Waals surface area (Å²) < 4.78 is 5.81. The number of amides is 1. The summed E-state index contributed by atoms with van der Waals surface area (Å²) in [6.45, 7) is 3.89. The van der Waals surface area contributed by atoms with E-state index in [-0.39, 0.29) is 11.0 Å². The van der Waals surface area contributed by atoms with Crippen LogP contribution in [0.25, 0.3) is 22.6 Å². The van der Waals surface area contributed by atoms with Crippen LogP contribution in [0.3, 0.4) is 0 Å². The summed E-state index contributed by atoms with van der Waals surface area (Å²) in [5.74, 6) is 0.117. The number of aromatic nitrogens is 1. The predicted octanol–water partition coefficient (Wildman–Crippen LogP) is 6.55. The normalized spacial score (nSPS) is 10.8. The van der Waals surface area contributed by atoms with Crippen LogP contribution in [-0.2, 0) is 0 Å². The van der Waals surface area contributed by atoms with Crippen LogP contribution in [0.2, 0.25) is 10.0 Å². The van der Waals surface area contributed by atoms with Gasteiger partial charge in [0.25, 0.3) is 5.91 Å². The van der Waals surface area contributed by atoms with Crippen molar-refractivity contribution in [3.63, 3.8) is 0 Å². The molecule has 0 saturated carbocycles. The molecule has 0 unspecified atom stereocenters. The highest BCUT2D eigenvalue weighted by Crippen LogP contribution is 2.32. The third-order valence-electron chi connectivity index (χ3n) is 4.52. The van der Waals surface area contributed by atoms with Crippen LogP contribution in [0.1, 0.15) is 21.5 Å². The molecule has 0 radical (unpaired) electrons. The van der Waals surface area contributed by atoms with Crippen molar-refractivity contribution in [2.24, 2.45) is 0 Å². The molecule has 31 heavy (non-hydrogen) atoms. The van der Waals surface area contributed by atoms with Gasteiger partial charge in [-0.1, -0.05) is 40.4 Å². The molecule has 0 fully saturated rings. The first-order valence-corrected chi connectivity index (χ1v) is 10.5. The van der Waals surface area contributed by atoms with Gasteiger partial charge in [0, 0.05) is 16.3 Å². The van der Waals surface area contributed by atoms with Crippen LogP contribution < -0.4 is 10.6 Å². The van der Waals surface area contributed by atoms with E-state index in [1.54, 1.807) is 36.4 Å². The Kier molecular flexibility index (Phi) is 5.96. The maximum Gasteiger partial charge on any atom is 0.257 e. The van der Waals surface area contributed by atoms with Gasteiger partial charge in [-0.15, -0.1) is 0 Å². The minimum Gasteiger partial charge on any atom is -0.436 e. The number of nitrogens with zero attached hydrogens (tertiary/aromatic N) is 1. The Hall–Kier alpha value is -2.93. The Balaban J connectivity index is 1.50. The monoisotopic (exact) mass is 469 g/mol. The van der Waals surface area contributed by atoms with Crippen molar-refractivity contribution in [2.75, 3.05) is 5.32 Å². The number of nitrogens with one attached hydrogen (secondary N) is 2. The van der Waals surface area contributed by atoms with Crippen LogP contribution in [0, 0.1) is 13.8 Å². The van der Waals surface area contributed by atoms with Gasteiger partial charge in [-0.2, -0.15) is 0 Å². The van der Waals surface area contributed by atoms with Crippen LogP contribution in [0.4, 0.5) is 5.69 Å². The van der Waals surface area contributed by atoms with E-state index >= 15 is 0 Å². The Morgan fingerprint density at radius 3 is 2.45 bits per heavy atom. The fraction of sp³-hybridized carbons (Fsp3) is 0.0870. The number of carbonyl (C=O) groups excluding carboxylic acids is 1. The van der Waals surface area contributed by atoms with E-state index in [2.05, 4.69) is 15.6 Å². The van der Waals surface area contributed by atoms with E-state index in [1.807, 2.05) is 32.0 Å². The lowest BCUT2D eigenvalue weighted by atomic mass is 10.1. The van der Waals surface area contributed by atoms with Gasteiger partial charge < -0.3 is 9.73 Å². The van der Waals surface area contributed by atoms with E-state index in [4.69, 9.17) is 39.8 Å². The molecule has 1 aromatic heterocycles. The summed E-state index contributed by atoms with van der Waals surface area (Å²) in [4.78, 5) is 17.0. The lowest BCUT2D eigenvalue weighted by Crippen LogP contribution is -2.34. The van der Waals surface area contributed by atoms with Crippen molar-refractivity contribution in [1.29, 1.82) is 0 Å². The van der Waals surface area contributed by atoms with Crippen molar-refractivity contribution in [2.45, 2.75) is 13.8 Å². The van der Waals surface area contributed by atoms with E-state index in [1.165, 1.54) is 0 Å². The molecule has 5 nitrogen and oxygen atoms in total. The zero-order valence-electron chi connectivity index (χ0n) is 16.6. The highest BCUT2D eigenvalue weighted by molar-refractivity contribution is 7.80. The van der Waals surface area contributed by atoms with Gasteiger partial charge in [0.15, 0.2) is 10.7 Å². The second-order valence-electron chi connectivity index (χ2n) is 7.11. The molecular formula is C23H17Cl2N3O2S. The molecule has 8 heteroatoms. The van der Waals surface area contributed by atoms with Crippen LogP contribution in [0.5, 0.6) is 0 Å². The Morgan fingerprint density at radius 2 is 1.74 bits per heavy atom. The molecule has 0 aliphatic carbocycles. The summed E-state index contributed by atoms with van der Waals surface area (Å²) in [7, 11) is 0. The van der Waals surface area contributed by atoms with Crippen molar-refractivity contribution in [3.05, 3.63) is 81.3 Å². The van der Waals surface area contributed by atoms with E-state index in [9.17, 15) is 4.79 Å². The third-order valence-corrected chi connectivity index (χ3v) is 5.27. The number of aryl methyl sites for hydroxylation is 2. The maximum atomic E-state index is 12.5. The molecular weight excluding hydrogens is 453 g/mol. The zero-order valence-corrected chi connectivity index (χ0v) is 19.0. The highest BCUT2D eigenvalue weighted by Gasteiger charge is 2.14. The van der Waals surface area contributed by atoms with E-state index in [0.29, 0.717) is 43.9 Å². The number of carbonyl (C=O) groups is 1. The third kappa shape index (κ3) is 4.88. The standard InChI is InChI=1S/C23H17Cl2N3O2S/c1-12-7-13(2)9-14(8-12)21(29)28-23(31)26-16-4-6-20-19(11-16)27-22(30-20)17-5-3-15(24)10-18(17)25/h3-11H,1-2H3,(H2,26,28,29,31). The predicted molar refractivity (Wildman–Crippen MR) is 129 cm³/mol. The van der Waals surface area contributed by atoms with Gasteiger partial charge >= 0.3 is 0 Å². The number of benzene rings is 3. The first kappa shape index (κ1) is 21.3. The number of rotatable bonds is 3. The van der Waals surface area contributed by atoms with Gasteiger partial charge in [-0.25, -0.2) is 4.98 Å². The van der Waals surface area contributed by atoms with Gasteiger partial charge in [-0.05, 0) is 74.6 Å². The molecule has 0 aliphatic rings. The van der Waals surface area contributed by atoms with Gasteiger partial charge in [0.05, 0.1) is 10.6 Å². The number of thiocarbonyl (C=S) groups is 1. The molecule has 0 saturated heterocycles. The number of fused-ring (bicyclic) bond motifs is 1. The van der Waals surface area contributed by atoms with Crippen LogP contribution >= 0.6 is 35.4 Å². The second-order valence-corrected chi connectivity index (χ2v) is 8.36. The highest BCUT2D eigenvalue weighted by atomic mass is 35.5. The van der Waals surface area contributed by atoms with E-state index < -0.39 is 0 Å². The number of hydrogen-bond donors (Lipinski definition) is 2. The molecule has 0 spiro atoms. The zero-order chi connectivity index (χ0) is 22.1. The number of halogens is 2. The quantitative estimate of drug-likeness (QED) is 0.333. The molecule has 4 rings (SSSR count). The second kappa shape index (κ2) is 8.67. The number of anilines is 1. The largest absolute Gasteiger partial charge is 0.436 e. The van der Waals surface area contributed by atoms with Crippen molar-refractivity contribution in [1.82, 2.24) is 10.3 Å². The molecule has 2 N–H and O–H groups in total. The molecule has 0 atom stereocenters. The minimum absolute atomic E-state index is 0.188. The summed E-state index contributed by atoms with van der Waals surface area (Å²) in [5.41, 5.74) is 5.10. The summed E-state index contributed by atoms with van der Waals surface area (Å²) in [6, 6.07) is 16.1. The molecule has 1 amide bonds. The Labute approximate surface area is 194 Å². The summed E-state index contributed by atoms with van der Waals surface area (Å²) in [6.07, 6.45) is 0. The van der Waals surface area contributed by atoms with Crippen LogP contribution in [-0.4, -0.2) is 16.0 Å². The van der Waals surface area contributed by atoms with Crippen LogP contribution in [0.15, 0.2) is 59.0 Å². The summed E-state index contributed by atoms with van der Waals surface area (Å²) in [5, 5.41) is 6.88. The van der Waals surface area contributed by atoms with Gasteiger partial charge in [0.1, 0.15) is 5.52 Å². The lowest BCUT2D eigenvalue weighted by Gasteiger charge is -2.10. The first-order chi connectivity index (χ1) is 14.8. The van der Waals surface area contributed by atoms with Crippen molar-refractivity contribution in [3.8, 4) is 11.5 Å². The van der Waals surface area contributed by atoms with Crippen molar-refractivity contribution >= 4 is 63.2 Å². The number of oxazole rings is 1.